The van der Waals surface area contributed by atoms with E-state index in [0.717, 1.165) is 19.5 Å². The summed E-state index contributed by atoms with van der Waals surface area (Å²) in [4.78, 5) is 2.32. The Hall–Kier alpha value is -1.32. The molecule has 2 aromatic rings. The lowest BCUT2D eigenvalue weighted by molar-refractivity contribution is 0.224. The minimum atomic E-state index is 0.224. The standard InChI is InChI=1S/C15H20N2O/c1-16-8-7-13-12-5-3-4-6-14(12)17(2)15(13)11(9-16)10-18/h3-6,11,18H,7-10H2,1-2H3. The van der Waals surface area contributed by atoms with Crippen LogP contribution in [0.1, 0.15) is 17.2 Å². The quantitative estimate of drug-likeness (QED) is 0.827. The maximum atomic E-state index is 9.69. The summed E-state index contributed by atoms with van der Waals surface area (Å²) >= 11 is 0. The molecule has 96 valence electrons. The molecular weight excluding hydrogens is 224 g/mol. The van der Waals surface area contributed by atoms with E-state index in [1.54, 1.807) is 0 Å². The first-order valence-corrected chi connectivity index (χ1v) is 6.58. The Morgan fingerprint density at radius 1 is 1.28 bits per heavy atom. The second-order valence-corrected chi connectivity index (χ2v) is 5.33. The van der Waals surface area contributed by atoms with Gasteiger partial charge in [-0.05, 0) is 25.1 Å². The van der Waals surface area contributed by atoms with Gasteiger partial charge in [-0.3, -0.25) is 0 Å². The zero-order valence-electron chi connectivity index (χ0n) is 11.1. The summed E-state index contributed by atoms with van der Waals surface area (Å²) in [7, 11) is 4.26. The van der Waals surface area contributed by atoms with Gasteiger partial charge in [-0.1, -0.05) is 18.2 Å². The molecule has 18 heavy (non-hydrogen) atoms. The molecule has 0 amide bonds. The molecule has 1 aromatic carbocycles. The molecule has 2 heterocycles. The molecule has 1 aromatic heterocycles. The molecular formula is C15H20N2O. The molecule has 1 N–H and O–H groups in total. The smallest absolute Gasteiger partial charge is 0.0526 e. The number of hydrogen-bond acceptors (Lipinski definition) is 2. The molecule has 1 aliphatic rings. The minimum Gasteiger partial charge on any atom is -0.396 e. The fourth-order valence-corrected chi connectivity index (χ4v) is 3.28. The van der Waals surface area contributed by atoms with E-state index in [2.05, 4.69) is 47.8 Å². The van der Waals surface area contributed by atoms with Crippen molar-refractivity contribution in [1.82, 2.24) is 9.47 Å². The number of aliphatic hydroxyl groups excluding tert-OH is 1. The van der Waals surface area contributed by atoms with Gasteiger partial charge in [0.1, 0.15) is 0 Å². The van der Waals surface area contributed by atoms with Crippen LogP contribution < -0.4 is 0 Å². The average Bonchev–Trinajstić information content (AvgIpc) is 2.56. The first kappa shape index (κ1) is 11.8. The van der Waals surface area contributed by atoms with Crippen LogP contribution in [0.4, 0.5) is 0 Å². The normalized spacial score (nSPS) is 20.9. The van der Waals surface area contributed by atoms with Gasteiger partial charge in [0.15, 0.2) is 0 Å². The summed E-state index contributed by atoms with van der Waals surface area (Å²) in [5, 5.41) is 11.0. The van der Waals surface area contributed by atoms with Crippen molar-refractivity contribution in [3.05, 3.63) is 35.5 Å². The van der Waals surface area contributed by atoms with Crippen LogP contribution in [0, 0.1) is 0 Å². The number of likely N-dealkylation sites (N-methyl/N-ethyl adjacent to an activating group) is 1. The molecule has 3 rings (SSSR count). The van der Waals surface area contributed by atoms with Crippen molar-refractivity contribution in [2.75, 3.05) is 26.7 Å². The van der Waals surface area contributed by atoms with Crippen LogP contribution in [-0.4, -0.2) is 41.3 Å². The zero-order chi connectivity index (χ0) is 12.7. The van der Waals surface area contributed by atoms with E-state index < -0.39 is 0 Å². The summed E-state index contributed by atoms with van der Waals surface area (Å²) in [6.07, 6.45) is 1.07. The third kappa shape index (κ3) is 1.66. The molecule has 3 nitrogen and oxygen atoms in total. The molecule has 0 radical (unpaired) electrons. The second-order valence-electron chi connectivity index (χ2n) is 5.33. The lowest BCUT2D eigenvalue weighted by Gasteiger charge is -2.20. The molecule has 0 saturated heterocycles. The minimum absolute atomic E-state index is 0.224. The molecule has 0 spiro atoms. The van der Waals surface area contributed by atoms with Gasteiger partial charge in [0.05, 0.1) is 6.61 Å². The number of hydrogen-bond donors (Lipinski definition) is 1. The Balaban J connectivity index is 2.25. The van der Waals surface area contributed by atoms with E-state index in [-0.39, 0.29) is 12.5 Å². The highest BCUT2D eigenvalue weighted by Crippen LogP contribution is 2.33. The number of fused-ring (bicyclic) bond motifs is 3. The van der Waals surface area contributed by atoms with E-state index in [9.17, 15) is 5.11 Å². The summed E-state index contributed by atoms with van der Waals surface area (Å²) in [6.45, 7) is 2.23. The van der Waals surface area contributed by atoms with Crippen molar-refractivity contribution in [3.8, 4) is 0 Å². The number of para-hydroxylation sites is 1. The Labute approximate surface area is 108 Å². The van der Waals surface area contributed by atoms with Crippen molar-refractivity contribution in [2.24, 2.45) is 7.05 Å². The van der Waals surface area contributed by atoms with Gasteiger partial charge in [-0.2, -0.15) is 0 Å². The van der Waals surface area contributed by atoms with Crippen molar-refractivity contribution in [3.63, 3.8) is 0 Å². The van der Waals surface area contributed by atoms with E-state index in [4.69, 9.17) is 0 Å². The third-order valence-corrected chi connectivity index (χ3v) is 4.14. The number of rotatable bonds is 1. The highest BCUT2D eigenvalue weighted by molar-refractivity contribution is 5.86. The van der Waals surface area contributed by atoms with Gasteiger partial charge in [0.25, 0.3) is 0 Å². The van der Waals surface area contributed by atoms with Crippen molar-refractivity contribution >= 4 is 10.9 Å². The first-order chi connectivity index (χ1) is 8.72. The fourth-order valence-electron chi connectivity index (χ4n) is 3.28. The Bertz CT molecular complexity index is 573. The van der Waals surface area contributed by atoms with Crippen molar-refractivity contribution < 1.29 is 5.11 Å². The summed E-state index contributed by atoms with van der Waals surface area (Å²) < 4.78 is 2.27. The molecule has 1 unspecified atom stereocenters. The molecule has 1 aliphatic heterocycles. The van der Waals surface area contributed by atoms with Gasteiger partial charge in [0.2, 0.25) is 0 Å². The van der Waals surface area contributed by atoms with Gasteiger partial charge >= 0.3 is 0 Å². The molecule has 1 atom stereocenters. The highest BCUT2D eigenvalue weighted by Gasteiger charge is 2.26. The van der Waals surface area contributed by atoms with Crippen LogP contribution in [0.3, 0.4) is 0 Å². The molecule has 0 fully saturated rings. The number of nitrogens with zero attached hydrogens (tertiary/aromatic N) is 2. The first-order valence-electron chi connectivity index (χ1n) is 6.58. The lowest BCUT2D eigenvalue weighted by atomic mass is 10.0. The highest BCUT2D eigenvalue weighted by atomic mass is 16.3. The van der Waals surface area contributed by atoms with Crippen LogP contribution in [0.2, 0.25) is 0 Å². The molecule has 0 bridgehead atoms. The zero-order valence-corrected chi connectivity index (χ0v) is 11.1. The van der Waals surface area contributed by atoms with Crippen LogP contribution in [0.25, 0.3) is 10.9 Å². The molecule has 3 heteroatoms. The van der Waals surface area contributed by atoms with Crippen molar-refractivity contribution in [1.29, 1.82) is 0 Å². The van der Waals surface area contributed by atoms with Gasteiger partial charge in [-0.25, -0.2) is 0 Å². The van der Waals surface area contributed by atoms with E-state index >= 15 is 0 Å². The van der Waals surface area contributed by atoms with Crippen LogP contribution in [0.15, 0.2) is 24.3 Å². The predicted octanol–water partition coefficient (Wildman–Crippen LogP) is 1.74. The maximum Gasteiger partial charge on any atom is 0.0526 e. The summed E-state index contributed by atoms with van der Waals surface area (Å²) in [5.41, 5.74) is 4.03. The monoisotopic (exact) mass is 244 g/mol. The van der Waals surface area contributed by atoms with Gasteiger partial charge in [-0.15, -0.1) is 0 Å². The maximum absolute atomic E-state index is 9.69. The fraction of sp³-hybridized carbons (Fsp3) is 0.467. The third-order valence-electron chi connectivity index (χ3n) is 4.14. The number of aliphatic hydroxyl groups is 1. The Kier molecular flexibility index (Phi) is 2.88. The summed E-state index contributed by atoms with van der Waals surface area (Å²) in [5.74, 6) is 0.227. The van der Waals surface area contributed by atoms with E-state index in [1.165, 1.54) is 22.2 Å². The largest absolute Gasteiger partial charge is 0.396 e. The Morgan fingerprint density at radius 2 is 2.06 bits per heavy atom. The second kappa shape index (κ2) is 4.41. The average molecular weight is 244 g/mol. The topological polar surface area (TPSA) is 28.4 Å². The van der Waals surface area contributed by atoms with E-state index in [1.807, 2.05) is 0 Å². The Morgan fingerprint density at radius 3 is 2.83 bits per heavy atom. The number of benzene rings is 1. The van der Waals surface area contributed by atoms with Crippen LogP contribution in [0.5, 0.6) is 0 Å². The van der Waals surface area contributed by atoms with Crippen LogP contribution in [-0.2, 0) is 13.5 Å². The predicted molar refractivity (Wildman–Crippen MR) is 73.9 cm³/mol. The SMILES string of the molecule is CN1CCc2c(n(C)c3ccccc23)C(CO)C1. The number of aromatic nitrogens is 1. The lowest BCUT2D eigenvalue weighted by Crippen LogP contribution is -2.26. The molecule has 0 saturated carbocycles. The van der Waals surface area contributed by atoms with Gasteiger partial charge in [0, 0.05) is 42.7 Å². The van der Waals surface area contributed by atoms with Crippen LogP contribution >= 0.6 is 0 Å². The van der Waals surface area contributed by atoms with Crippen molar-refractivity contribution in [2.45, 2.75) is 12.3 Å². The van der Waals surface area contributed by atoms with Gasteiger partial charge < -0.3 is 14.6 Å². The summed E-state index contributed by atoms with van der Waals surface area (Å²) in [6, 6.07) is 8.56. The van der Waals surface area contributed by atoms with E-state index in [0.29, 0.717) is 0 Å². The number of aryl methyl sites for hydroxylation is 1. The molecule has 0 aliphatic carbocycles.